The Morgan fingerprint density at radius 2 is 0.744 bits per heavy atom. The van der Waals surface area contributed by atoms with Crippen molar-refractivity contribution in [1.82, 2.24) is 0 Å². The standard InChI is InChI=1S/C35H60Br4/c1-24-3-5-26(6-4-24)19-27-7-9-28(10-8-27)20-29-11-13-30(14-12-29)21-31-15-17-32(18-16-31)22-34(38)35(39)23-33(37)25(2)36/h24-35H,3-23H2,1-2H3/t24?,25-,26?,27?,28?,29?,30?,31?,32?,33+,34-,35+/m0/s1. The van der Waals surface area contributed by atoms with Gasteiger partial charge >= 0.3 is 0 Å². The Kier molecular flexibility index (Phi) is 15.1. The van der Waals surface area contributed by atoms with E-state index in [9.17, 15) is 0 Å². The molecule has 0 nitrogen and oxygen atoms in total. The lowest BCUT2D eigenvalue weighted by Gasteiger charge is -2.37. The average molecular weight is 800 g/mol. The van der Waals surface area contributed by atoms with Gasteiger partial charge in [0.2, 0.25) is 0 Å². The highest BCUT2D eigenvalue weighted by Gasteiger charge is 2.32. The topological polar surface area (TPSA) is 0 Å². The lowest BCUT2D eigenvalue weighted by atomic mass is 9.69. The molecule has 39 heavy (non-hydrogen) atoms. The van der Waals surface area contributed by atoms with Gasteiger partial charge in [-0.15, -0.1) is 0 Å². The number of hydrogen-bond donors (Lipinski definition) is 0. The van der Waals surface area contributed by atoms with Crippen LogP contribution < -0.4 is 0 Å². The molecule has 0 aliphatic heterocycles. The van der Waals surface area contributed by atoms with E-state index in [2.05, 4.69) is 77.6 Å². The third-order valence-corrected chi connectivity index (χ3v) is 17.2. The summed E-state index contributed by atoms with van der Waals surface area (Å²) in [6, 6.07) is 0. The van der Waals surface area contributed by atoms with Crippen LogP contribution in [-0.2, 0) is 0 Å². The predicted molar refractivity (Wildman–Crippen MR) is 187 cm³/mol. The van der Waals surface area contributed by atoms with E-state index in [1.807, 2.05) is 0 Å². The highest BCUT2D eigenvalue weighted by Crippen LogP contribution is 2.44. The van der Waals surface area contributed by atoms with Gasteiger partial charge in [-0.3, -0.25) is 0 Å². The molecule has 0 heterocycles. The van der Waals surface area contributed by atoms with E-state index < -0.39 is 0 Å². The summed E-state index contributed by atoms with van der Waals surface area (Å²) in [7, 11) is 0. The summed E-state index contributed by atoms with van der Waals surface area (Å²) in [5.74, 6) is 8.32. The minimum Gasteiger partial charge on any atom is -0.0882 e. The zero-order valence-electron chi connectivity index (χ0n) is 25.3. The predicted octanol–water partition coefficient (Wildman–Crippen LogP) is 13.3. The van der Waals surface area contributed by atoms with Crippen LogP contribution in [0.15, 0.2) is 0 Å². The average Bonchev–Trinajstić information content (AvgIpc) is 2.93. The summed E-state index contributed by atoms with van der Waals surface area (Å²) >= 11 is 15.6. The Morgan fingerprint density at radius 1 is 0.436 bits per heavy atom. The molecule has 228 valence electrons. The van der Waals surface area contributed by atoms with Gasteiger partial charge in [0.25, 0.3) is 0 Å². The summed E-state index contributed by atoms with van der Waals surface area (Å²) in [6.07, 6.45) is 31.7. The Morgan fingerprint density at radius 3 is 1.08 bits per heavy atom. The largest absolute Gasteiger partial charge is 0.0882 e. The van der Waals surface area contributed by atoms with Crippen molar-refractivity contribution in [3.8, 4) is 0 Å². The lowest BCUT2D eigenvalue weighted by molar-refractivity contribution is 0.152. The minimum atomic E-state index is 0.516. The van der Waals surface area contributed by atoms with E-state index in [1.165, 1.54) is 64.2 Å². The molecule has 4 aliphatic carbocycles. The van der Waals surface area contributed by atoms with Crippen molar-refractivity contribution >= 4 is 63.7 Å². The zero-order chi connectivity index (χ0) is 27.8. The van der Waals surface area contributed by atoms with Crippen LogP contribution in [0.5, 0.6) is 0 Å². The van der Waals surface area contributed by atoms with Crippen LogP contribution in [0.25, 0.3) is 0 Å². The van der Waals surface area contributed by atoms with E-state index in [0.717, 1.165) is 47.3 Å². The summed E-state index contributed by atoms with van der Waals surface area (Å²) in [4.78, 5) is 2.19. The number of rotatable bonds is 12. The third kappa shape index (κ3) is 11.7. The van der Waals surface area contributed by atoms with Crippen molar-refractivity contribution in [2.45, 2.75) is 168 Å². The molecule has 0 unspecified atom stereocenters. The summed E-state index contributed by atoms with van der Waals surface area (Å²) in [5, 5.41) is 0. The van der Waals surface area contributed by atoms with Gasteiger partial charge in [-0.25, -0.2) is 0 Å². The zero-order valence-corrected chi connectivity index (χ0v) is 31.6. The molecule has 0 radical (unpaired) electrons. The van der Waals surface area contributed by atoms with Gasteiger partial charge in [-0.2, -0.15) is 0 Å². The second kappa shape index (κ2) is 17.4. The molecule has 4 rings (SSSR count). The number of alkyl halides is 4. The van der Waals surface area contributed by atoms with Gasteiger partial charge in [0.05, 0.1) is 0 Å². The Balaban J connectivity index is 1.04. The Hall–Kier alpha value is 1.92. The molecular formula is C35H60Br4. The van der Waals surface area contributed by atoms with E-state index in [0.29, 0.717) is 19.3 Å². The molecule has 0 bridgehead atoms. The first-order chi connectivity index (χ1) is 18.7. The van der Waals surface area contributed by atoms with Gasteiger partial charge in [0.15, 0.2) is 0 Å². The fraction of sp³-hybridized carbons (Fsp3) is 1.00. The summed E-state index contributed by atoms with van der Waals surface area (Å²) < 4.78 is 0. The molecule has 4 atom stereocenters. The minimum absolute atomic E-state index is 0.516. The maximum Gasteiger partial charge on any atom is 0.0282 e. The maximum absolute atomic E-state index is 4.03. The summed E-state index contributed by atoms with van der Waals surface area (Å²) in [6.45, 7) is 4.70. The fourth-order valence-corrected chi connectivity index (χ4v) is 11.6. The molecule has 0 aromatic rings. The van der Waals surface area contributed by atoms with Crippen molar-refractivity contribution in [3.63, 3.8) is 0 Å². The molecular weight excluding hydrogens is 740 g/mol. The maximum atomic E-state index is 4.03. The molecule has 0 amide bonds. The second-order valence-corrected chi connectivity index (χ2v) is 20.2. The van der Waals surface area contributed by atoms with E-state index in [-0.39, 0.29) is 0 Å². The SMILES string of the molecule is CC1CCC(CC2CCC(CC3CCC(CC4CCC(C[C@H](Br)[C@H](Br)C[C@@H](Br)[C@H](C)Br)CC4)CC3)CC2)CC1. The van der Waals surface area contributed by atoms with Crippen LogP contribution in [0, 0.1) is 47.3 Å². The molecule has 4 saturated carbocycles. The normalized spacial score (nSPS) is 39.5. The van der Waals surface area contributed by atoms with E-state index in [4.69, 9.17) is 0 Å². The van der Waals surface area contributed by atoms with Crippen LogP contribution in [0.4, 0.5) is 0 Å². The van der Waals surface area contributed by atoms with Gasteiger partial charge in [0, 0.05) is 19.3 Å². The first-order valence-electron chi connectivity index (χ1n) is 17.3. The summed E-state index contributed by atoms with van der Waals surface area (Å²) in [5.41, 5.74) is 0. The first-order valence-corrected chi connectivity index (χ1v) is 21.0. The molecule has 0 aromatic carbocycles. The lowest BCUT2D eigenvalue weighted by Crippen LogP contribution is -2.26. The smallest absolute Gasteiger partial charge is 0.0282 e. The molecule has 4 aliphatic rings. The van der Waals surface area contributed by atoms with Crippen molar-refractivity contribution in [2.75, 3.05) is 0 Å². The molecule has 4 fully saturated rings. The number of halogens is 4. The van der Waals surface area contributed by atoms with Crippen molar-refractivity contribution in [2.24, 2.45) is 47.3 Å². The van der Waals surface area contributed by atoms with Gasteiger partial charge in [-0.1, -0.05) is 180 Å². The van der Waals surface area contributed by atoms with E-state index in [1.54, 1.807) is 70.6 Å². The van der Waals surface area contributed by atoms with Crippen LogP contribution in [0.2, 0.25) is 0 Å². The first kappa shape index (κ1) is 33.8. The monoisotopic (exact) mass is 796 g/mol. The van der Waals surface area contributed by atoms with Gasteiger partial charge < -0.3 is 0 Å². The van der Waals surface area contributed by atoms with Crippen LogP contribution in [0.1, 0.15) is 149 Å². The third-order valence-electron chi connectivity index (χ3n) is 11.9. The van der Waals surface area contributed by atoms with Crippen LogP contribution in [-0.4, -0.2) is 19.3 Å². The van der Waals surface area contributed by atoms with Crippen LogP contribution >= 0.6 is 63.7 Å². The molecule has 0 aromatic heterocycles. The highest BCUT2D eigenvalue weighted by molar-refractivity contribution is 9.13. The second-order valence-electron chi connectivity index (χ2n) is 15.2. The Labute approximate surface area is 277 Å². The van der Waals surface area contributed by atoms with Gasteiger partial charge in [-0.05, 0) is 79.4 Å². The number of hydrogen-bond acceptors (Lipinski definition) is 0. The molecule has 0 N–H and O–H groups in total. The molecule has 4 heteroatoms. The molecule has 0 saturated heterocycles. The molecule has 0 spiro atoms. The van der Waals surface area contributed by atoms with E-state index >= 15 is 0 Å². The fourth-order valence-electron chi connectivity index (χ4n) is 9.10. The van der Waals surface area contributed by atoms with Crippen molar-refractivity contribution in [3.05, 3.63) is 0 Å². The van der Waals surface area contributed by atoms with Crippen molar-refractivity contribution < 1.29 is 0 Å². The Bertz CT molecular complexity index is 650. The van der Waals surface area contributed by atoms with Gasteiger partial charge in [0.1, 0.15) is 0 Å². The highest BCUT2D eigenvalue weighted by atomic mass is 79.9. The van der Waals surface area contributed by atoms with Crippen LogP contribution in [0.3, 0.4) is 0 Å². The van der Waals surface area contributed by atoms with Crippen molar-refractivity contribution in [1.29, 1.82) is 0 Å². The quantitative estimate of drug-likeness (QED) is 0.173.